The predicted molar refractivity (Wildman–Crippen MR) is 102 cm³/mol. The molecule has 2 N–H and O–H groups in total. The third-order valence-corrected chi connectivity index (χ3v) is 3.91. The van der Waals surface area contributed by atoms with E-state index in [9.17, 15) is 14.4 Å². The molecule has 1 atom stereocenters. The maximum atomic E-state index is 12.2. The van der Waals surface area contributed by atoms with Crippen molar-refractivity contribution in [3.63, 3.8) is 0 Å². The second-order valence-electron chi connectivity index (χ2n) is 6.06. The van der Waals surface area contributed by atoms with Gasteiger partial charge in [-0.3, -0.25) is 14.4 Å². The van der Waals surface area contributed by atoms with Gasteiger partial charge in [0.2, 0.25) is 11.8 Å². The third kappa shape index (κ3) is 5.41. The summed E-state index contributed by atoms with van der Waals surface area (Å²) in [4.78, 5) is 35.6. The van der Waals surface area contributed by atoms with Gasteiger partial charge >= 0.3 is 0 Å². The average Bonchev–Trinajstić information content (AvgIpc) is 2.62. The lowest BCUT2D eigenvalue weighted by atomic mass is 10.1. The van der Waals surface area contributed by atoms with Crippen LogP contribution in [0.15, 0.2) is 66.2 Å². The van der Waals surface area contributed by atoms with Gasteiger partial charge in [-0.05, 0) is 50.6 Å². The van der Waals surface area contributed by atoms with E-state index in [-0.39, 0.29) is 17.7 Å². The number of benzene rings is 2. The molecule has 2 aromatic carbocycles. The molecule has 0 radical (unpaired) electrons. The summed E-state index contributed by atoms with van der Waals surface area (Å²) in [5.41, 5.74) is 2.43. The zero-order valence-corrected chi connectivity index (χ0v) is 15.1. The van der Waals surface area contributed by atoms with Gasteiger partial charge in [-0.15, -0.1) is 0 Å². The van der Waals surface area contributed by atoms with E-state index < -0.39 is 5.91 Å². The lowest BCUT2D eigenvalue weighted by molar-refractivity contribution is -0.118. The molecule has 0 bridgehead atoms. The highest BCUT2D eigenvalue weighted by Crippen LogP contribution is 2.13. The van der Waals surface area contributed by atoms with Gasteiger partial charge in [0.25, 0.3) is 0 Å². The van der Waals surface area contributed by atoms with Crippen LogP contribution in [0.5, 0.6) is 0 Å². The molecule has 0 aliphatic carbocycles. The Morgan fingerprint density at radius 2 is 1.54 bits per heavy atom. The summed E-state index contributed by atoms with van der Waals surface area (Å²) in [5, 5.41) is 5.53. The summed E-state index contributed by atoms with van der Waals surface area (Å²) in [6.07, 6.45) is 1.26. The van der Waals surface area contributed by atoms with E-state index in [1.165, 1.54) is 13.0 Å². The molecule has 5 heteroatoms. The number of ketones is 1. The number of amides is 2. The van der Waals surface area contributed by atoms with Crippen molar-refractivity contribution in [2.75, 3.05) is 5.32 Å². The summed E-state index contributed by atoms with van der Waals surface area (Å²) < 4.78 is 0. The second-order valence-corrected chi connectivity index (χ2v) is 6.06. The molecule has 2 aromatic rings. The number of hydrogen-bond acceptors (Lipinski definition) is 3. The molecule has 0 fully saturated rings. The third-order valence-electron chi connectivity index (χ3n) is 3.91. The SMILES string of the molecule is CC(=O)c1ccc(NC(=O)/C=C(/C)C(=O)NC(C)c2ccccc2)cc1. The van der Waals surface area contributed by atoms with E-state index in [1.54, 1.807) is 31.2 Å². The molecular weight excluding hydrogens is 328 g/mol. The lowest BCUT2D eigenvalue weighted by Gasteiger charge is -2.14. The highest BCUT2D eigenvalue weighted by atomic mass is 16.2. The minimum atomic E-state index is -0.402. The van der Waals surface area contributed by atoms with Gasteiger partial charge in [0.1, 0.15) is 0 Å². The summed E-state index contributed by atoms with van der Waals surface area (Å²) in [7, 11) is 0. The molecule has 0 spiro atoms. The number of anilines is 1. The molecule has 26 heavy (non-hydrogen) atoms. The first kappa shape index (κ1) is 19.1. The van der Waals surface area contributed by atoms with Crippen LogP contribution in [0.25, 0.3) is 0 Å². The molecule has 5 nitrogen and oxygen atoms in total. The van der Waals surface area contributed by atoms with Crippen molar-refractivity contribution in [2.45, 2.75) is 26.8 Å². The number of carbonyl (C=O) groups is 3. The number of rotatable bonds is 6. The molecule has 0 heterocycles. The van der Waals surface area contributed by atoms with Crippen LogP contribution in [0.4, 0.5) is 5.69 Å². The maximum Gasteiger partial charge on any atom is 0.248 e. The Morgan fingerprint density at radius 3 is 2.12 bits per heavy atom. The largest absolute Gasteiger partial charge is 0.346 e. The van der Waals surface area contributed by atoms with Crippen molar-refractivity contribution in [2.24, 2.45) is 0 Å². The zero-order valence-electron chi connectivity index (χ0n) is 15.1. The van der Waals surface area contributed by atoms with E-state index in [4.69, 9.17) is 0 Å². The molecule has 0 saturated carbocycles. The van der Waals surface area contributed by atoms with Crippen LogP contribution in [-0.2, 0) is 9.59 Å². The molecule has 1 unspecified atom stereocenters. The van der Waals surface area contributed by atoms with Crippen LogP contribution in [0, 0.1) is 0 Å². The van der Waals surface area contributed by atoms with Crippen molar-refractivity contribution in [1.29, 1.82) is 0 Å². The van der Waals surface area contributed by atoms with Crippen molar-refractivity contribution < 1.29 is 14.4 Å². The predicted octanol–water partition coefficient (Wildman–Crippen LogP) is 3.65. The Balaban J connectivity index is 1.95. The van der Waals surface area contributed by atoms with Crippen molar-refractivity contribution in [1.82, 2.24) is 5.32 Å². The number of hydrogen-bond donors (Lipinski definition) is 2. The fraction of sp³-hybridized carbons (Fsp3) is 0.190. The second kappa shape index (κ2) is 8.76. The van der Waals surface area contributed by atoms with Crippen molar-refractivity contribution in [3.05, 3.63) is 77.4 Å². The summed E-state index contributed by atoms with van der Waals surface area (Å²) in [5.74, 6) is -0.744. The smallest absolute Gasteiger partial charge is 0.248 e. The summed E-state index contributed by atoms with van der Waals surface area (Å²) in [6.45, 7) is 4.96. The van der Waals surface area contributed by atoms with E-state index in [1.807, 2.05) is 37.3 Å². The lowest BCUT2D eigenvalue weighted by Crippen LogP contribution is -2.28. The number of Topliss-reactive ketones (excluding diaryl/α,β-unsaturated/α-hetero) is 1. The Hall–Kier alpha value is -3.21. The molecular formula is C21H22N2O3. The Labute approximate surface area is 153 Å². The molecule has 0 saturated heterocycles. The first-order valence-corrected chi connectivity index (χ1v) is 8.33. The molecule has 134 valence electrons. The topological polar surface area (TPSA) is 75.3 Å². The molecule has 0 aromatic heterocycles. The fourth-order valence-electron chi connectivity index (χ4n) is 2.36. The van der Waals surface area contributed by atoms with Gasteiger partial charge < -0.3 is 10.6 Å². The van der Waals surface area contributed by atoms with Gasteiger partial charge in [0.05, 0.1) is 6.04 Å². The average molecular weight is 350 g/mol. The minimum Gasteiger partial charge on any atom is -0.346 e. The van der Waals surface area contributed by atoms with E-state index in [0.29, 0.717) is 16.8 Å². The Kier molecular flexibility index (Phi) is 6.44. The Bertz CT molecular complexity index is 824. The minimum absolute atomic E-state index is 0.0391. The fourth-order valence-corrected chi connectivity index (χ4v) is 2.36. The van der Waals surface area contributed by atoms with Crippen LogP contribution in [-0.4, -0.2) is 17.6 Å². The number of carbonyl (C=O) groups excluding carboxylic acids is 3. The van der Waals surface area contributed by atoms with E-state index >= 15 is 0 Å². The quantitative estimate of drug-likeness (QED) is 0.617. The van der Waals surface area contributed by atoms with Crippen molar-refractivity contribution in [3.8, 4) is 0 Å². The van der Waals surface area contributed by atoms with Gasteiger partial charge in [-0.25, -0.2) is 0 Å². The highest BCUT2D eigenvalue weighted by molar-refractivity contribution is 6.06. The van der Waals surface area contributed by atoms with Gasteiger partial charge in [0, 0.05) is 22.9 Å². The maximum absolute atomic E-state index is 12.2. The molecule has 0 aliphatic rings. The van der Waals surface area contributed by atoms with Crippen LogP contribution in [0.2, 0.25) is 0 Å². The highest BCUT2D eigenvalue weighted by Gasteiger charge is 2.12. The molecule has 0 aliphatic heterocycles. The van der Waals surface area contributed by atoms with Crippen LogP contribution >= 0.6 is 0 Å². The standard InChI is InChI=1S/C21H22N2O3/c1-14(21(26)22-15(2)17-7-5-4-6-8-17)13-20(25)23-19-11-9-18(10-12-19)16(3)24/h4-13,15H,1-3H3,(H,22,26)(H,23,25)/b14-13-. The first-order chi connectivity index (χ1) is 12.4. The molecule has 2 rings (SSSR count). The van der Waals surface area contributed by atoms with E-state index in [2.05, 4.69) is 10.6 Å². The number of nitrogens with one attached hydrogen (secondary N) is 2. The van der Waals surface area contributed by atoms with Crippen LogP contribution in [0.1, 0.15) is 42.7 Å². The van der Waals surface area contributed by atoms with Gasteiger partial charge in [-0.2, -0.15) is 0 Å². The van der Waals surface area contributed by atoms with Crippen molar-refractivity contribution >= 4 is 23.3 Å². The zero-order chi connectivity index (χ0) is 19.1. The monoisotopic (exact) mass is 350 g/mol. The van der Waals surface area contributed by atoms with Gasteiger partial charge in [-0.1, -0.05) is 30.3 Å². The first-order valence-electron chi connectivity index (χ1n) is 8.33. The van der Waals surface area contributed by atoms with Crippen LogP contribution in [0.3, 0.4) is 0 Å². The van der Waals surface area contributed by atoms with Gasteiger partial charge in [0.15, 0.2) is 5.78 Å². The van der Waals surface area contributed by atoms with E-state index in [0.717, 1.165) is 5.56 Å². The Morgan fingerprint density at radius 1 is 0.923 bits per heavy atom. The normalized spacial score (nSPS) is 12.2. The molecule has 2 amide bonds. The van der Waals surface area contributed by atoms with Crippen LogP contribution < -0.4 is 10.6 Å². The summed E-state index contributed by atoms with van der Waals surface area (Å²) >= 11 is 0. The summed E-state index contributed by atoms with van der Waals surface area (Å²) in [6, 6.07) is 16.0.